The van der Waals surface area contributed by atoms with Crippen molar-refractivity contribution in [2.45, 2.75) is 0 Å². The number of carbonyl (C=O) groups is 1. The van der Waals surface area contributed by atoms with Gasteiger partial charge in [-0.25, -0.2) is 14.2 Å². The number of anilines is 1. The van der Waals surface area contributed by atoms with E-state index in [-0.39, 0.29) is 11.3 Å². The van der Waals surface area contributed by atoms with E-state index in [0.717, 1.165) is 0 Å². The second-order valence-electron chi connectivity index (χ2n) is 4.06. The van der Waals surface area contributed by atoms with Gasteiger partial charge in [-0.2, -0.15) is 0 Å². The van der Waals surface area contributed by atoms with Crippen molar-refractivity contribution in [2.24, 2.45) is 0 Å². The molecule has 0 unspecified atom stereocenters. The molecule has 2 aromatic heterocycles. The number of carbonyl (C=O) groups excluding carboxylic acids is 1. The van der Waals surface area contributed by atoms with Crippen molar-refractivity contribution < 1.29 is 13.9 Å². The molecule has 3 rings (SSSR count). The van der Waals surface area contributed by atoms with Gasteiger partial charge < -0.3 is 9.14 Å². The van der Waals surface area contributed by atoms with Crippen molar-refractivity contribution in [2.75, 3.05) is 5.32 Å². The highest BCUT2D eigenvalue weighted by Gasteiger charge is 2.09. The first-order valence-electron chi connectivity index (χ1n) is 5.88. The highest BCUT2D eigenvalue weighted by Crippen LogP contribution is 2.15. The highest BCUT2D eigenvalue weighted by atomic mass is 19.1. The molecule has 0 aliphatic rings. The van der Waals surface area contributed by atoms with Gasteiger partial charge in [-0.1, -0.05) is 18.2 Å². The van der Waals surface area contributed by atoms with Gasteiger partial charge in [0.15, 0.2) is 11.5 Å². The largest absolute Gasteiger partial charge is 0.417 e. The lowest BCUT2D eigenvalue weighted by Crippen LogP contribution is -2.17. The molecule has 2 heterocycles. The van der Waals surface area contributed by atoms with Crippen LogP contribution in [0.4, 0.5) is 14.9 Å². The molecule has 0 aliphatic carbocycles. The maximum atomic E-state index is 13.7. The Morgan fingerprint density at radius 3 is 2.90 bits per heavy atom. The number of ether oxygens (including phenoxy) is 1. The van der Waals surface area contributed by atoms with E-state index in [9.17, 15) is 9.18 Å². The van der Waals surface area contributed by atoms with Crippen LogP contribution >= 0.6 is 0 Å². The van der Waals surface area contributed by atoms with Gasteiger partial charge in [-0.15, -0.1) is 0 Å². The summed E-state index contributed by atoms with van der Waals surface area (Å²) < 4.78 is 20.2. The number of aromatic nitrogens is 2. The van der Waals surface area contributed by atoms with Crippen LogP contribution in [0.15, 0.2) is 55.0 Å². The Morgan fingerprint density at radius 1 is 1.30 bits per heavy atom. The van der Waals surface area contributed by atoms with E-state index in [1.165, 1.54) is 16.7 Å². The van der Waals surface area contributed by atoms with Crippen molar-refractivity contribution in [1.29, 1.82) is 0 Å². The van der Waals surface area contributed by atoms with Crippen LogP contribution in [0.3, 0.4) is 0 Å². The summed E-state index contributed by atoms with van der Waals surface area (Å²) in [6.45, 7) is 0. The molecule has 20 heavy (non-hydrogen) atoms. The topological polar surface area (TPSA) is 55.6 Å². The van der Waals surface area contributed by atoms with Crippen molar-refractivity contribution in [3.05, 3.63) is 60.8 Å². The maximum Gasteiger partial charge on any atom is 0.417 e. The number of nitrogens with one attached hydrogen (secondary N) is 1. The monoisotopic (exact) mass is 271 g/mol. The van der Waals surface area contributed by atoms with Crippen LogP contribution in [0.1, 0.15) is 0 Å². The van der Waals surface area contributed by atoms with Crippen LogP contribution in [-0.4, -0.2) is 15.5 Å². The van der Waals surface area contributed by atoms with Crippen LogP contribution in [0.5, 0.6) is 5.75 Å². The zero-order valence-electron chi connectivity index (χ0n) is 10.3. The van der Waals surface area contributed by atoms with Crippen molar-refractivity contribution in [1.82, 2.24) is 9.38 Å². The van der Waals surface area contributed by atoms with Gasteiger partial charge in [0.2, 0.25) is 0 Å². The lowest BCUT2D eigenvalue weighted by atomic mass is 10.3. The molecule has 0 saturated carbocycles. The van der Waals surface area contributed by atoms with Crippen LogP contribution in [-0.2, 0) is 0 Å². The first-order valence-corrected chi connectivity index (χ1v) is 5.88. The van der Waals surface area contributed by atoms with Crippen LogP contribution in [0, 0.1) is 5.82 Å². The molecule has 1 aromatic carbocycles. The zero-order chi connectivity index (χ0) is 13.9. The first-order chi connectivity index (χ1) is 9.72. The molecule has 0 radical (unpaired) electrons. The molecule has 0 atom stereocenters. The maximum absolute atomic E-state index is 13.7. The van der Waals surface area contributed by atoms with Gasteiger partial charge in [0.05, 0.1) is 5.69 Å². The van der Waals surface area contributed by atoms with Crippen LogP contribution in [0.25, 0.3) is 5.65 Å². The second kappa shape index (κ2) is 5.00. The molecule has 1 amide bonds. The summed E-state index contributed by atoms with van der Waals surface area (Å²) in [6.07, 6.45) is 3.93. The predicted molar refractivity (Wildman–Crippen MR) is 71.2 cm³/mol. The molecule has 1 N–H and O–H groups in total. The second-order valence-corrected chi connectivity index (χ2v) is 4.06. The lowest BCUT2D eigenvalue weighted by molar-refractivity contribution is 0.215. The van der Waals surface area contributed by atoms with Gasteiger partial charge in [-0.3, -0.25) is 5.32 Å². The first kappa shape index (κ1) is 12.2. The molecule has 0 bridgehead atoms. The Bertz CT molecular complexity index is 755. The number of rotatable bonds is 2. The normalized spacial score (nSPS) is 10.4. The fourth-order valence-corrected chi connectivity index (χ4v) is 1.80. The molecule has 0 saturated heterocycles. The summed E-state index contributed by atoms with van der Waals surface area (Å²) in [4.78, 5) is 15.5. The molecule has 5 nitrogen and oxygen atoms in total. The SMILES string of the molecule is O=C(Nc1cc(F)c2nccn2c1)Oc1ccccc1. The van der Waals surface area contributed by atoms with Gasteiger partial charge in [0.25, 0.3) is 0 Å². The van der Waals surface area contributed by atoms with Crippen molar-refractivity contribution >= 4 is 17.4 Å². The number of pyridine rings is 1. The Morgan fingerprint density at radius 2 is 2.10 bits per heavy atom. The van der Waals surface area contributed by atoms with Crippen LogP contribution < -0.4 is 10.1 Å². The molecule has 0 fully saturated rings. The number of fused-ring (bicyclic) bond motifs is 1. The summed E-state index contributed by atoms with van der Waals surface area (Å²) in [5.74, 6) is -0.110. The minimum atomic E-state index is -0.685. The van der Waals surface area contributed by atoms with E-state index in [4.69, 9.17) is 4.74 Å². The van der Waals surface area contributed by atoms with E-state index >= 15 is 0 Å². The smallest absolute Gasteiger partial charge is 0.410 e. The summed E-state index contributed by atoms with van der Waals surface area (Å²) in [7, 11) is 0. The third kappa shape index (κ3) is 2.44. The number of para-hydroxylation sites is 1. The van der Waals surface area contributed by atoms with Crippen LogP contribution in [0.2, 0.25) is 0 Å². The fraction of sp³-hybridized carbons (Fsp3) is 0. The summed E-state index contributed by atoms with van der Waals surface area (Å²) in [5, 5.41) is 2.46. The number of benzene rings is 1. The zero-order valence-corrected chi connectivity index (χ0v) is 10.3. The highest BCUT2D eigenvalue weighted by molar-refractivity contribution is 5.86. The average Bonchev–Trinajstić information content (AvgIpc) is 2.88. The molecule has 100 valence electrons. The van der Waals surface area contributed by atoms with E-state index < -0.39 is 11.9 Å². The quantitative estimate of drug-likeness (QED) is 0.779. The Kier molecular flexibility index (Phi) is 3.04. The fourth-order valence-electron chi connectivity index (χ4n) is 1.80. The Labute approximate surface area is 113 Å². The lowest BCUT2D eigenvalue weighted by Gasteiger charge is -2.07. The van der Waals surface area contributed by atoms with E-state index in [1.54, 1.807) is 36.7 Å². The number of hydrogen-bond acceptors (Lipinski definition) is 3. The Hall–Kier alpha value is -2.89. The van der Waals surface area contributed by atoms with Gasteiger partial charge in [0, 0.05) is 24.7 Å². The van der Waals surface area contributed by atoms with Gasteiger partial charge >= 0.3 is 6.09 Å². The average molecular weight is 271 g/mol. The molecular weight excluding hydrogens is 261 g/mol. The van der Waals surface area contributed by atoms with Crippen molar-refractivity contribution in [3.63, 3.8) is 0 Å². The molecule has 6 heteroatoms. The number of hydrogen-bond donors (Lipinski definition) is 1. The van der Waals surface area contributed by atoms with Gasteiger partial charge in [0.1, 0.15) is 5.75 Å². The number of amides is 1. The standard InChI is InChI=1S/C14H10FN3O2/c15-12-8-10(9-18-7-6-16-13(12)18)17-14(19)20-11-4-2-1-3-5-11/h1-9H,(H,17,19). The molecular formula is C14H10FN3O2. The summed E-state index contributed by atoms with van der Waals surface area (Å²) >= 11 is 0. The number of nitrogens with zero attached hydrogens (tertiary/aromatic N) is 2. The number of imidazole rings is 1. The molecule has 0 aliphatic heterocycles. The minimum Gasteiger partial charge on any atom is -0.410 e. The molecule has 0 spiro atoms. The summed E-state index contributed by atoms with van der Waals surface area (Å²) in [5.41, 5.74) is 0.487. The third-order valence-corrected chi connectivity index (χ3v) is 2.64. The predicted octanol–water partition coefficient (Wildman–Crippen LogP) is 3.08. The van der Waals surface area contributed by atoms with E-state index in [2.05, 4.69) is 10.3 Å². The third-order valence-electron chi connectivity index (χ3n) is 2.64. The Balaban J connectivity index is 1.77. The minimum absolute atomic E-state index is 0.201. The number of halogens is 1. The van der Waals surface area contributed by atoms with E-state index in [1.807, 2.05) is 6.07 Å². The van der Waals surface area contributed by atoms with E-state index in [0.29, 0.717) is 5.75 Å². The van der Waals surface area contributed by atoms with Crippen molar-refractivity contribution in [3.8, 4) is 5.75 Å². The summed E-state index contributed by atoms with van der Waals surface area (Å²) in [6, 6.07) is 9.81. The van der Waals surface area contributed by atoms with Gasteiger partial charge in [-0.05, 0) is 12.1 Å². The molecule has 3 aromatic rings.